The third kappa shape index (κ3) is 2.80. The number of rotatable bonds is 3. The van der Waals surface area contributed by atoms with E-state index in [2.05, 4.69) is 15.4 Å². The minimum absolute atomic E-state index is 0.0814. The van der Waals surface area contributed by atoms with Crippen molar-refractivity contribution < 1.29 is 4.79 Å². The van der Waals surface area contributed by atoms with Gasteiger partial charge in [-0.25, -0.2) is 9.50 Å². The number of hydrogen-bond acceptors (Lipinski definition) is 4. The van der Waals surface area contributed by atoms with Gasteiger partial charge >= 0.3 is 0 Å². The number of benzene rings is 1. The zero-order chi connectivity index (χ0) is 15.0. The topological polar surface area (TPSA) is 59.3 Å². The summed E-state index contributed by atoms with van der Waals surface area (Å²) in [4.78, 5) is 17.3. The molecule has 21 heavy (non-hydrogen) atoms. The van der Waals surface area contributed by atoms with E-state index in [0.29, 0.717) is 12.1 Å². The maximum Gasteiger partial charge on any atom is 0.251 e. The second-order valence-electron chi connectivity index (χ2n) is 5.09. The highest BCUT2D eigenvalue weighted by molar-refractivity contribution is 7.16. The molecule has 0 saturated heterocycles. The summed E-state index contributed by atoms with van der Waals surface area (Å²) in [6.07, 6.45) is 1.88. The highest BCUT2D eigenvalue weighted by Gasteiger charge is 2.10. The largest absolute Gasteiger partial charge is 0.345 e. The molecular formula is C15H16N4OS. The third-order valence-electron chi connectivity index (χ3n) is 3.37. The Balaban J connectivity index is 1.69. The van der Waals surface area contributed by atoms with Gasteiger partial charge in [0.25, 0.3) is 5.91 Å². The van der Waals surface area contributed by atoms with Crippen LogP contribution in [0, 0.1) is 20.8 Å². The summed E-state index contributed by atoms with van der Waals surface area (Å²) in [7, 11) is 0. The quantitative estimate of drug-likeness (QED) is 0.809. The molecule has 1 N–H and O–H groups in total. The number of hydrogen-bond donors (Lipinski definition) is 1. The molecule has 0 aliphatic rings. The zero-order valence-electron chi connectivity index (χ0n) is 12.2. The average molecular weight is 300 g/mol. The fourth-order valence-electron chi connectivity index (χ4n) is 2.06. The molecule has 1 amide bonds. The van der Waals surface area contributed by atoms with E-state index >= 15 is 0 Å². The lowest BCUT2D eigenvalue weighted by molar-refractivity contribution is 0.0950. The molecule has 0 aliphatic carbocycles. The predicted octanol–water partition coefficient (Wildman–Crippen LogP) is 2.65. The minimum atomic E-state index is -0.0814. The fraction of sp³-hybridized carbons (Fsp3) is 0.267. The van der Waals surface area contributed by atoms with Crippen molar-refractivity contribution in [2.24, 2.45) is 0 Å². The molecule has 0 saturated carbocycles. The summed E-state index contributed by atoms with van der Waals surface area (Å²) in [5.74, 6) is -0.0814. The van der Waals surface area contributed by atoms with Crippen molar-refractivity contribution >= 4 is 22.2 Å². The minimum Gasteiger partial charge on any atom is -0.345 e. The van der Waals surface area contributed by atoms with Crippen LogP contribution in [-0.4, -0.2) is 20.5 Å². The van der Waals surface area contributed by atoms with Crippen LogP contribution in [0.15, 0.2) is 24.4 Å². The molecule has 6 heteroatoms. The van der Waals surface area contributed by atoms with Crippen LogP contribution in [0.25, 0.3) is 4.96 Å². The van der Waals surface area contributed by atoms with E-state index in [0.717, 1.165) is 21.2 Å². The van der Waals surface area contributed by atoms with E-state index in [1.165, 1.54) is 16.9 Å². The molecule has 2 heterocycles. The maximum atomic E-state index is 12.1. The lowest BCUT2D eigenvalue weighted by atomic mass is 10.1. The molecule has 0 atom stereocenters. The van der Waals surface area contributed by atoms with Crippen molar-refractivity contribution in [3.8, 4) is 0 Å². The van der Waals surface area contributed by atoms with Crippen LogP contribution in [-0.2, 0) is 6.54 Å². The number of aromatic nitrogens is 3. The van der Waals surface area contributed by atoms with Gasteiger partial charge in [-0.15, -0.1) is 0 Å². The van der Waals surface area contributed by atoms with E-state index in [1.807, 2.05) is 45.2 Å². The van der Waals surface area contributed by atoms with Gasteiger partial charge < -0.3 is 5.32 Å². The van der Waals surface area contributed by atoms with Crippen molar-refractivity contribution in [2.45, 2.75) is 27.3 Å². The first-order chi connectivity index (χ1) is 10.0. The van der Waals surface area contributed by atoms with Crippen molar-refractivity contribution in [1.29, 1.82) is 0 Å². The lowest BCUT2D eigenvalue weighted by Crippen LogP contribution is -2.22. The van der Waals surface area contributed by atoms with E-state index < -0.39 is 0 Å². The number of fused-ring (bicyclic) bond motifs is 1. The van der Waals surface area contributed by atoms with E-state index in [4.69, 9.17) is 0 Å². The Morgan fingerprint density at radius 3 is 2.81 bits per heavy atom. The van der Waals surface area contributed by atoms with Gasteiger partial charge in [0, 0.05) is 5.56 Å². The molecule has 0 aliphatic heterocycles. The van der Waals surface area contributed by atoms with E-state index in [-0.39, 0.29) is 5.91 Å². The summed E-state index contributed by atoms with van der Waals surface area (Å²) in [6.45, 7) is 6.38. The first-order valence-corrected chi connectivity index (χ1v) is 7.52. The SMILES string of the molecule is Cc1cn2nc(CNC(=O)c3ccc(C)c(C)c3)sc2n1. The van der Waals surface area contributed by atoms with Crippen LogP contribution in [0.1, 0.15) is 32.2 Å². The summed E-state index contributed by atoms with van der Waals surface area (Å²) < 4.78 is 1.75. The molecule has 2 aromatic heterocycles. The number of aryl methyl sites for hydroxylation is 3. The van der Waals surface area contributed by atoms with Crippen molar-refractivity contribution in [2.75, 3.05) is 0 Å². The molecule has 3 aromatic rings. The van der Waals surface area contributed by atoms with Crippen molar-refractivity contribution in [1.82, 2.24) is 19.9 Å². The molecule has 0 fully saturated rings. The van der Waals surface area contributed by atoms with Crippen LogP contribution in [0.2, 0.25) is 0 Å². The summed E-state index contributed by atoms with van der Waals surface area (Å²) in [6, 6.07) is 5.71. The van der Waals surface area contributed by atoms with Crippen LogP contribution < -0.4 is 5.32 Å². The zero-order valence-corrected chi connectivity index (χ0v) is 13.0. The number of amides is 1. The molecule has 108 valence electrons. The van der Waals surface area contributed by atoms with Gasteiger partial charge in [0.15, 0.2) is 0 Å². The first kappa shape index (κ1) is 13.8. The lowest BCUT2D eigenvalue weighted by Gasteiger charge is -2.05. The molecule has 0 bridgehead atoms. The molecule has 3 rings (SSSR count). The second kappa shape index (κ2) is 5.29. The van der Waals surface area contributed by atoms with Gasteiger partial charge in [0.2, 0.25) is 4.96 Å². The Bertz CT molecular complexity index is 787. The van der Waals surface area contributed by atoms with Gasteiger partial charge in [0.1, 0.15) is 5.01 Å². The molecule has 1 aromatic carbocycles. The van der Waals surface area contributed by atoms with Gasteiger partial charge in [-0.3, -0.25) is 4.79 Å². The Morgan fingerprint density at radius 2 is 2.10 bits per heavy atom. The van der Waals surface area contributed by atoms with E-state index in [9.17, 15) is 4.79 Å². The summed E-state index contributed by atoms with van der Waals surface area (Å²) >= 11 is 1.49. The molecule has 0 unspecified atom stereocenters. The van der Waals surface area contributed by atoms with E-state index in [1.54, 1.807) is 4.52 Å². The van der Waals surface area contributed by atoms with Gasteiger partial charge in [-0.05, 0) is 44.0 Å². The van der Waals surface area contributed by atoms with Crippen LogP contribution in [0.5, 0.6) is 0 Å². The maximum absolute atomic E-state index is 12.1. The normalized spacial score (nSPS) is 11.0. The molecule has 5 nitrogen and oxygen atoms in total. The second-order valence-corrected chi connectivity index (χ2v) is 6.13. The third-order valence-corrected chi connectivity index (χ3v) is 4.30. The van der Waals surface area contributed by atoms with Crippen molar-refractivity contribution in [3.63, 3.8) is 0 Å². The number of imidazole rings is 1. The molecule has 0 radical (unpaired) electrons. The number of nitrogens with zero attached hydrogens (tertiary/aromatic N) is 3. The van der Waals surface area contributed by atoms with Crippen LogP contribution >= 0.6 is 11.3 Å². The molecule has 0 spiro atoms. The standard InChI is InChI=1S/C15H16N4OS/c1-9-4-5-12(6-10(9)2)14(20)16-7-13-18-19-8-11(3)17-15(19)21-13/h4-6,8H,7H2,1-3H3,(H,16,20). The Morgan fingerprint density at radius 1 is 1.29 bits per heavy atom. The van der Waals surface area contributed by atoms with Crippen molar-refractivity contribution in [3.05, 3.63) is 51.8 Å². The summed E-state index contributed by atoms with van der Waals surface area (Å²) in [5, 5.41) is 8.13. The highest BCUT2D eigenvalue weighted by Crippen LogP contribution is 2.14. The fourth-order valence-corrected chi connectivity index (χ4v) is 2.92. The number of carbonyl (C=O) groups is 1. The Kier molecular flexibility index (Phi) is 3.47. The monoisotopic (exact) mass is 300 g/mol. The Hall–Kier alpha value is -2.21. The van der Waals surface area contributed by atoms with Crippen LogP contribution in [0.4, 0.5) is 0 Å². The smallest absolute Gasteiger partial charge is 0.251 e. The van der Waals surface area contributed by atoms with Gasteiger partial charge in [-0.1, -0.05) is 17.4 Å². The predicted molar refractivity (Wildman–Crippen MR) is 82.7 cm³/mol. The Labute approximate surface area is 126 Å². The average Bonchev–Trinajstić information content (AvgIpc) is 2.96. The van der Waals surface area contributed by atoms with Gasteiger partial charge in [-0.2, -0.15) is 5.10 Å². The molecular weight excluding hydrogens is 284 g/mol. The van der Waals surface area contributed by atoms with Crippen LogP contribution in [0.3, 0.4) is 0 Å². The summed E-state index contributed by atoms with van der Waals surface area (Å²) in [5.41, 5.74) is 3.92. The number of nitrogens with one attached hydrogen (secondary N) is 1. The highest BCUT2D eigenvalue weighted by atomic mass is 32.1. The first-order valence-electron chi connectivity index (χ1n) is 6.70. The van der Waals surface area contributed by atoms with Gasteiger partial charge in [0.05, 0.1) is 18.4 Å². The number of carbonyl (C=O) groups excluding carboxylic acids is 1.